The average molecular weight is 230 g/mol. The Kier molecular flexibility index (Phi) is 5.73. The average Bonchev–Trinajstić information content (AvgIpc) is 2.29. The van der Waals surface area contributed by atoms with Gasteiger partial charge in [-0.25, -0.2) is 0 Å². The minimum atomic E-state index is -0.741. The molecule has 1 heterocycles. The van der Waals surface area contributed by atoms with Crippen molar-refractivity contribution in [2.75, 3.05) is 26.4 Å². The Morgan fingerprint density at radius 2 is 2.00 bits per heavy atom. The molecule has 0 bridgehead atoms. The molecule has 1 fully saturated rings. The van der Waals surface area contributed by atoms with E-state index >= 15 is 0 Å². The summed E-state index contributed by atoms with van der Waals surface area (Å²) in [7, 11) is 0. The van der Waals surface area contributed by atoms with E-state index in [9.17, 15) is 4.79 Å². The Morgan fingerprint density at radius 1 is 1.31 bits per heavy atom. The summed E-state index contributed by atoms with van der Waals surface area (Å²) >= 11 is 0. The predicted molar refractivity (Wildman–Crippen MR) is 60.9 cm³/mol. The summed E-state index contributed by atoms with van der Waals surface area (Å²) in [4.78, 5) is 11.8. The van der Waals surface area contributed by atoms with Crippen LogP contribution in [0.4, 0.5) is 0 Å². The van der Waals surface area contributed by atoms with Gasteiger partial charge in [0, 0.05) is 26.4 Å². The van der Waals surface area contributed by atoms with E-state index in [-0.39, 0.29) is 12.5 Å². The zero-order chi connectivity index (χ0) is 11.9. The molecule has 5 nitrogen and oxygen atoms in total. The summed E-state index contributed by atoms with van der Waals surface area (Å²) < 4.78 is 5.18. The van der Waals surface area contributed by atoms with Gasteiger partial charge in [-0.15, -0.1) is 0 Å². The molecule has 94 valence electrons. The Bertz CT molecular complexity index is 215. The highest BCUT2D eigenvalue weighted by Gasteiger charge is 2.35. The monoisotopic (exact) mass is 230 g/mol. The maximum Gasteiger partial charge on any atom is 0.240 e. The number of rotatable bonds is 6. The minimum Gasteiger partial charge on any atom is -0.396 e. The van der Waals surface area contributed by atoms with E-state index < -0.39 is 5.54 Å². The third-order valence-corrected chi connectivity index (χ3v) is 2.96. The first kappa shape index (κ1) is 13.4. The van der Waals surface area contributed by atoms with Gasteiger partial charge in [0.15, 0.2) is 0 Å². The van der Waals surface area contributed by atoms with Crippen molar-refractivity contribution in [3.63, 3.8) is 0 Å². The van der Waals surface area contributed by atoms with Gasteiger partial charge in [-0.3, -0.25) is 4.79 Å². The van der Waals surface area contributed by atoms with Crippen molar-refractivity contribution in [1.82, 2.24) is 5.32 Å². The van der Waals surface area contributed by atoms with Crippen LogP contribution >= 0.6 is 0 Å². The van der Waals surface area contributed by atoms with Gasteiger partial charge in [0.2, 0.25) is 5.91 Å². The molecule has 5 heteroatoms. The van der Waals surface area contributed by atoms with Crippen molar-refractivity contribution in [3.8, 4) is 0 Å². The third kappa shape index (κ3) is 4.08. The van der Waals surface area contributed by atoms with Gasteiger partial charge in [-0.2, -0.15) is 0 Å². The fourth-order valence-electron chi connectivity index (χ4n) is 1.75. The largest absolute Gasteiger partial charge is 0.396 e. The van der Waals surface area contributed by atoms with E-state index in [0.717, 1.165) is 19.3 Å². The van der Waals surface area contributed by atoms with Crippen molar-refractivity contribution in [2.45, 2.75) is 37.6 Å². The molecule has 0 radical (unpaired) electrons. The fraction of sp³-hybridized carbons (Fsp3) is 0.909. The molecule has 0 saturated carbocycles. The Labute approximate surface area is 96.3 Å². The topological polar surface area (TPSA) is 84.6 Å². The number of hydrogen-bond acceptors (Lipinski definition) is 4. The number of nitrogens with one attached hydrogen (secondary N) is 1. The van der Waals surface area contributed by atoms with E-state index in [1.165, 1.54) is 0 Å². The Morgan fingerprint density at radius 3 is 2.62 bits per heavy atom. The molecule has 1 saturated heterocycles. The molecule has 0 unspecified atom stereocenters. The minimum absolute atomic E-state index is 0.0696. The van der Waals surface area contributed by atoms with Crippen LogP contribution in [0, 0.1) is 0 Å². The highest BCUT2D eigenvalue weighted by molar-refractivity contribution is 5.86. The second-order valence-electron chi connectivity index (χ2n) is 4.31. The van der Waals surface area contributed by atoms with Crippen molar-refractivity contribution in [3.05, 3.63) is 0 Å². The quantitative estimate of drug-likeness (QED) is 0.550. The van der Waals surface area contributed by atoms with Crippen molar-refractivity contribution in [1.29, 1.82) is 0 Å². The van der Waals surface area contributed by atoms with Crippen LogP contribution in [0.15, 0.2) is 0 Å². The first-order chi connectivity index (χ1) is 7.69. The second-order valence-corrected chi connectivity index (χ2v) is 4.31. The zero-order valence-corrected chi connectivity index (χ0v) is 9.71. The summed E-state index contributed by atoms with van der Waals surface area (Å²) in [6, 6.07) is 0. The lowest BCUT2D eigenvalue weighted by atomic mass is 9.90. The number of carbonyl (C=O) groups excluding carboxylic acids is 1. The van der Waals surface area contributed by atoms with Gasteiger partial charge in [0.1, 0.15) is 0 Å². The summed E-state index contributed by atoms with van der Waals surface area (Å²) in [5.74, 6) is -0.0696. The molecule has 0 aliphatic carbocycles. The van der Waals surface area contributed by atoms with Crippen LogP contribution in [0.1, 0.15) is 32.1 Å². The standard InChI is InChI=1S/C11H22N2O3/c12-11(4-8-16-9-5-11)10(15)13-6-2-1-3-7-14/h14H,1-9,12H2,(H,13,15). The van der Waals surface area contributed by atoms with Crippen LogP contribution in [0.3, 0.4) is 0 Å². The molecule has 1 rings (SSSR count). The lowest BCUT2D eigenvalue weighted by Crippen LogP contribution is -2.57. The molecular formula is C11H22N2O3. The van der Waals surface area contributed by atoms with Crippen molar-refractivity contribution >= 4 is 5.91 Å². The maximum absolute atomic E-state index is 11.8. The molecule has 0 spiro atoms. The molecule has 4 N–H and O–H groups in total. The van der Waals surface area contributed by atoms with E-state index in [4.69, 9.17) is 15.6 Å². The van der Waals surface area contributed by atoms with Gasteiger partial charge in [0.05, 0.1) is 5.54 Å². The number of hydrogen-bond donors (Lipinski definition) is 3. The fourth-order valence-corrected chi connectivity index (χ4v) is 1.75. The highest BCUT2D eigenvalue weighted by atomic mass is 16.5. The Balaban J connectivity index is 2.18. The van der Waals surface area contributed by atoms with Crippen molar-refractivity contribution < 1.29 is 14.6 Å². The normalized spacial score (nSPS) is 19.4. The number of aliphatic hydroxyl groups excluding tert-OH is 1. The van der Waals surface area contributed by atoms with Gasteiger partial charge < -0.3 is 20.9 Å². The molecule has 1 aliphatic heterocycles. The second kappa shape index (κ2) is 6.83. The molecular weight excluding hydrogens is 208 g/mol. The van der Waals surface area contributed by atoms with E-state index in [1.807, 2.05) is 0 Å². The number of carbonyl (C=O) groups is 1. The SMILES string of the molecule is NC1(C(=O)NCCCCCO)CCOCC1. The van der Waals surface area contributed by atoms with Crippen LogP contribution in [-0.2, 0) is 9.53 Å². The molecule has 0 aromatic carbocycles. The molecule has 0 aromatic rings. The van der Waals surface area contributed by atoms with Crippen LogP contribution in [0.5, 0.6) is 0 Å². The molecule has 16 heavy (non-hydrogen) atoms. The summed E-state index contributed by atoms with van der Waals surface area (Å²) in [5.41, 5.74) is 5.27. The molecule has 0 atom stereocenters. The zero-order valence-electron chi connectivity index (χ0n) is 9.71. The van der Waals surface area contributed by atoms with Crippen LogP contribution < -0.4 is 11.1 Å². The number of aliphatic hydroxyl groups is 1. The van der Waals surface area contributed by atoms with Crippen molar-refractivity contribution in [2.24, 2.45) is 5.73 Å². The van der Waals surface area contributed by atoms with E-state index in [2.05, 4.69) is 5.32 Å². The highest BCUT2D eigenvalue weighted by Crippen LogP contribution is 2.17. The first-order valence-electron chi connectivity index (χ1n) is 5.95. The number of ether oxygens (including phenoxy) is 1. The summed E-state index contributed by atoms with van der Waals surface area (Å²) in [5, 5.41) is 11.4. The van der Waals surface area contributed by atoms with Gasteiger partial charge in [0.25, 0.3) is 0 Å². The number of amides is 1. The van der Waals surface area contributed by atoms with Crippen LogP contribution in [0.25, 0.3) is 0 Å². The number of unbranched alkanes of at least 4 members (excludes halogenated alkanes) is 2. The van der Waals surface area contributed by atoms with Gasteiger partial charge in [-0.05, 0) is 32.1 Å². The molecule has 0 aromatic heterocycles. The van der Waals surface area contributed by atoms with Crippen LogP contribution in [-0.4, -0.2) is 42.9 Å². The predicted octanol–water partition coefficient (Wildman–Crippen LogP) is -0.227. The van der Waals surface area contributed by atoms with Gasteiger partial charge >= 0.3 is 0 Å². The van der Waals surface area contributed by atoms with E-state index in [1.54, 1.807) is 0 Å². The summed E-state index contributed by atoms with van der Waals surface area (Å²) in [6.07, 6.45) is 3.79. The maximum atomic E-state index is 11.8. The number of nitrogens with two attached hydrogens (primary N) is 1. The smallest absolute Gasteiger partial charge is 0.240 e. The lowest BCUT2D eigenvalue weighted by Gasteiger charge is -2.31. The summed E-state index contributed by atoms with van der Waals surface area (Å²) in [6.45, 7) is 1.98. The van der Waals surface area contributed by atoms with Gasteiger partial charge in [-0.1, -0.05) is 0 Å². The Hall–Kier alpha value is -0.650. The molecule has 1 amide bonds. The first-order valence-corrected chi connectivity index (χ1v) is 5.95. The third-order valence-electron chi connectivity index (χ3n) is 2.96. The van der Waals surface area contributed by atoms with Crippen LogP contribution in [0.2, 0.25) is 0 Å². The molecule has 1 aliphatic rings. The van der Waals surface area contributed by atoms with E-state index in [0.29, 0.717) is 32.6 Å². The lowest BCUT2D eigenvalue weighted by molar-refractivity contribution is -0.129.